The summed E-state index contributed by atoms with van der Waals surface area (Å²) in [6.45, 7) is 0.568. The van der Waals surface area contributed by atoms with Gasteiger partial charge in [0.15, 0.2) is 0 Å². The molecule has 0 fully saturated rings. The van der Waals surface area contributed by atoms with Crippen LogP contribution in [0.5, 0.6) is 0 Å². The Bertz CT molecular complexity index is 492. The van der Waals surface area contributed by atoms with Gasteiger partial charge in [0.1, 0.15) is 5.82 Å². The van der Waals surface area contributed by atoms with Gasteiger partial charge in [0, 0.05) is 44.8 Å². The van der Waals surface area contributed by atoms with E-state index >= 15 is 0 Å². The molecule has 0 spiro atoms. The van der Waals surface area contributed by atoms with E-state index in [4.69, 9.17) is 0 Å². The van der Waals surface area contributed by atoms with Crippen molar-refractivity contribution in [3.05, 3.63) is 48.3 Å². The summed E-state index contributed by atoms with van der Waals surface area (Å²) in [4.78, 5) is 19.8. The molecule has 0 unspecified atom stereocenters. The van der Waals surface area contributed by atoms with Crippen molar-refractivity contribution in [2.24, 2.45) is 7.05 Å². The predicted molar refractivity (Wildman–Crippen MR) is 63.5 cm³/mol. The average Bonchev–Trinajstić information content (AvgIpc) is 2.76. The largest absolute Gasteiger partial charge is 0.352 e. The summed E-state index contributed by atoms with van der Waals surface area (Å²) in [7, 11) is 1.94. The molecule has 17 heavy (non-hydrogen) atoms. The van der Waals surface area contributed by atoms with Crippen molar-refractivity contribution in [3.8, 4) is 0 Å². The number of nitrogens with one attached hydrogen (secondary N) is 1. The summed E-state index contributed by atoms with van der Waals surface area (Å²) in [5.41, 5.74) is 0.576. The lowest BCUT2D eigenvalue weighted by molar-refractivity contribution is 0.0953. The number of hydrogen-bond donors (Lipinski definition) is 1. The Morgan fingerprint density at radius 3 is 3.00 bits per heavy atom. The summed E-state index contributed by atoms with van der Waals surface area (Å²) in [6.07, 6.45) is 7.55. The summed E-state index contributed by atoms with van der Waals surface area (Å²) in [5.74, 6) is 0.851. The molecule has 5 nitrogen and oxygen atoms in total. The Kier molecular flexibility index (Phi) is 3.49. The van der Waals surface area contributed by atoms with Gasteiger partial charge >= 0.3 is 0 Å². The number of pyridine rings is 1. The molecule has 5 heteroatoms. The third-order valence-electron chi connectivity index (χ3n) is 2.48. The molecular weight excluding hydrogens is 216 g/mol. The minimum atomic E-state index is -0.104. The first-order valence-electron chi connectivity index (χ1n) is 5.42. The van der Waals surface area contributed by atoms with E-state index in [0.717, 1.165) is 12.2 Å². The minimum absolute atomic E-state index is 0.104. The van der Waals surface area contributed by atoms with Gasteiger partial charge in [0.25, 0.3) is 5.91 Å². The zero-order valence-electron chi connectivity index (χ0n) is 9.63. The van der Waals surface area contributed by atoms with Crippen LogP contribution >= 0.6 is 0 Å². The van der Waals surface area contributed by atoms with Gasteiger partial charge in [-0.05, 0) is 12.1 Å². The number of carbonyl (C=O) groups excluding carboxylic acids is 1. The highest BCUT2D eigenvalue weighted by Gasteiger charge is 2.05. The fourth-order valence-corrected chi connectivity index (χ4v) is 1.52. The van der Waals surface area contributed by atoms with Crippen LogP contribution in [0, 0.1) is 0 Å². The maximum absolute atomic E-state index is 11.7. The molecule has 0 aromatic carbocycles. The Morgan fingerprint density at radius 1 is 1.47 bits per heavy atom. The van der Waals surface area contributed by atoms with Crippen molar-refractivity contribution in [1.29, 1.82) is 0 Å². The van der Waals surface area contributed by atoms with Gasteiger partial charge in [0.2, 0.25) is 0 Å². The molecule has 0 atom stereocenters. The smallest absolute Gasteiger partial charge is 0.252 e. The molecule has 0 bridgehead atoms. The Hall–Kier alpha value is -2.17. The van der Waals surface area contributed by atoms with E-state index in [9.17, 15) is 4.79 Å². The van der Waals surface area contributed by atoms with Crippen LogP contribution in [0.1, 0.15) is 16.2 Å². The monoisotopic (exact) mass is 230 g/mol. The highest BCUT2D eigenvalue weighted by Crippen LogP contribution is 1.97. The molecule has 2 rings (SSSR count). The molecule has 88 valence electrons. The van der Waals surface area contributed by atoms with E-state index in [0.29, 0.717) is 12.1 Å². The molecule has 0 aliphatic rings. The molecule has 2 aromatic rings. The first-order chi connectivity index (χ1) is 8.27. The molecule has 1 N–H and O–H groups in total. The number of imidazole rings is 1. The molecule has 0 radical (unpaired) electrons. The highest BCUT2D eigenvalue weighted by atomic mass is 16.1. The van der Waals surface area contributed by atoms with Crippen LogP contribution in [0.25, 0.3) is 0 Å². The van der Waals surface area contributed by atoms with Gasteiger partial charge in [-0.1, -0.05) is 0 Å². The highest BCUT2D eigenvalue weighted by molar-refractivity contribution is 5.93. The normalized spacial score (nSPS) is 10.2. The molecule has 1 amide bonds. The summed E-state index contributed by atoms with van der Waals surface area (Å²) in [6, 6.07) is 3.48. The van der Waals surface area contributed by atoms with Crippen LogP contribution in [0.2, 0.25) is 0 Å². The van der Waals surface area contributed by atoms with Gasteiger partial charge in [0.05, 0.1) is 5.56 Å². The number of carbonyl (C=O) groups is 1. The van der Waals surface area contributed by atoms with E-state index in [2.05, 4.69) is 15.3 Å². The fraction of sp³-hybridized carbons (Fsp3) is 0.250. The van der Waals surface area contributed by atoms with Crippen molar-refractivity contribution in [3.63, 3.8) is 0 Å². The SMILES string of the molecule is Cn1ccnc1CCNC(=O)c1cccnc1. The van der Waals surface area contributed by atoms with E-state index in [-0.39, 0.29) is 5.91 Å². The Balaban J connectivity index is 1.84. The molecule has 2 aromatic heterocycles. The van der Waals surface area contributed by atoms with Gasteiger partial charge in [-0.2, -0.15) is 0 Å². The van der Waals surface area contributed by atoms with Crippen LogP contribution in [-0.4, -0.2) is 27.0 Å². The maximum atomic E-state index is 11.7. The lowest BCUT2D eigenvalue weighted by Gasteiger charge is -2.04. The molecule has 0 aliphatic heterocycles. The minimum Gasteiger partial charge on any atom is -0.352 e. The van der Waals surface area contributed by atoms with E-state index in [1.807, 2.05) is 17.8 Å². The van der Waals surface area contributed by atoms with Crippen molar-refractivity contribution >= 4 is 5.91 Å². The molecule has 2 heterocycles. The third-order valence-corrected chi connectivity index (χ3v) is 2.48. The van der Waals surface area contributed by atoms with Crippen LogP contribution in [0.15, 0.2) is 36.9 Å². The predicted octanol–water partition coefficient (Wildman–Crippen LogP) is 0.788. The lowest BCUT2D eigenvalue weighted by Crippen LogP contribution is -2.26. The van der Waals surface area contributed by atoms with Gasteiger partial charge in [-0.15, -0.1) is 0 Å². The van der Waals surface area contributed by atoms with E-state index < -0.39 is 0 Å². The van der Waals surface area contributed by atoms with Crippen LogP contribution < -0.4 is 5.32 Å². The first-order valence-corrected chi connectivity index (χ1v) is 5.42. The number of hydrogen-bond acceptors (Lipinski definition) is 3. The number of amides is 1. The first kappa shape index (κ1) is 11.3. The van der Waals surface area contributed by atoms with E-state index in [1.54, 1.807) is 30.7 Å². The third kappa shape index (κ3) is 2.90. The van der Waals surface area contributed by atoms with Crippen molar-refractivity contribution in [1.82, 2.24) is 19.9 Å². The summed E-state index contributed by atoms with van der Waals surface area (Å²) >= 11 is 0. The van der Waals surface area contributed by atoms with Crippen LogP contribution in [-0.2, 0) is 13.5 Å². The molecule has 0 aliphatic carbocycles. The topological polar surface area (TPSA) is 59.8 Å². The van der Waals surface area contributed by atoms with Gasteiger partial charge in [-0.3, -0.25) is 9.78 Å². The second-order valence-corrected chi connectivity index (χ2v) is 3.70. The quantitative estimate of drug-likeness (QED) is 0.844. The number of aromatic nitrogens is 3. The Labute approximate surface area is 99.5 Å². The molecular formula is C12H14N4O. The lowest BCUT2D eigenvalue weighted by atomic mass is 10.2. The standard InChI is InChI=1S/C12H14N4O/c1-16-8-7-14-11(16)4-6-15-12(17)10-3-2-5-13-9-10/h2-3,5,7-9H,4,6H2,1H3,(H,15,17). The zero-order valence-corrected chi connectivity index (χ0v) is 9.63. The van der Waals surface area contributed by atoms with Gasteiger partial charge < -0.3 is 9.88 Å². The fourth-order valence-electron chi connectivity index (χ4n) is 1.52. The zero-order chi connectivity index (χ0) is 12.1. The van der Waals surface area contributed by atoms with E-state index in [1.165, 1.54) is 0 Å². The van der Waals surface area contributed by atoms with Crippen molar-refractivity contribution in [2.75, 3.05) is 6.54 Å². The number of aryl methyl sites for hydroxylation is 1. The second kappa shape index (κ2) is 5.25. The number of rotatable bonds is 4. The second-order valence-electron chi connectivity index (χ2n) is 3.70. The van der Waals surface area contributed by atoms with Crippen molar-refractivity contribution < 1.29 is 4.79 Å². The Morgan fingerprint density at radius 2 is 2.35 bits per heavy atom. The molecule has 0 saturated heterocycles. The average molecular weight is 230 g/mol. The summed E-state index contributed by atoms with van der Waals surface area (Å²) < 4.78 is 1.94. The van der Waals surface area contributed by atoms with Crippen molar-refractivity contribution in [2.45, 2.75) is 6.42 Å². The molecule has 0 saturated carbocycles. The van der Waals surface area contributed by atoms with Crippen LogP contribution in [0.4, 0.5) is 0 Å². The van der Waals surface area contributed by atoms with Gasteiger partial charge in [-0.25, -0.2) is 4.98 Å². The summed E-state index contributed by atoms with van der Waals surface area (Å²) in [5, 5.41) is 2.83. The van der Waals surface area contributed by atoms with Crippen LogP contribution in [0.3, 0.4) is 0 Å². The maximum Gasteiger partial charge on any atom is 0.252 e. The number of nitrogens with zero attached hydrogens (tertiary/aromatic N) is 3.